The van der Waals surface area contributed by atoms with Crippen LogP contribution in [0.25, 0.3) is 11.0 Å². The zero-order chi connectivity index (χ0) is 17.8. The van der Waals surface area contributed by atoms with Gasteiger partial charge in [0.15, 0.2) is 0 Å². The summed E-state index contributed by atoms with van der Waals surface area (Å²) in [6, 6.07) is 14.0. The molecule has 7 heteroatoms. The first-order chi connectivity index (χ1) is 12.8. The summed E-state index contributed by atoms with van der Waals surface area (Å²) in [5.41, 5.74) is 3.95. The second kappa shape index (κ2) is 7.53. The van der Waals surface area contributed by atoms with E-state index in [0.29, 0.717) is 6.54 Å². The lowest BCUT2D eigenvalue weighted by Gasteiger charge is -2.23. The van der Waals surface area contributed by atoms with Crippen molar-refractivity contribution in [3.8, 4) is 5.75 Å². The van der Waals surface area contributed by atoms with Crippen molar-refractivity contribution in [1.29, 1.82) is 0 Å². The highest BCUT2D eigenvalue weighted by atomic mass is 16.5. The molecule has 0 saturated carbocycles. The molecule has 0 unspecified atom stereocenters. The Kier molecular flexibility index (Phi) is 4.79. The summed E-state index contributed by atoms with van der Waals surface area (Å²) in [5, 5.41) is 15.1. The zero-order valence-corrected chi connectivity index (χ0v) is 14.7. The first kappa shape index (κ1) is 16.5. The Labute approximate surface area is 151 Å². The standard InChI is InChI=1S/C19H21N5O2/c1-25-19-7-6-15(13-20-23-8-10-26-11-9-23)12-16(19)14-24-18-5-3-2-4-17(18)21-22-24/h2-7,12-13H,8-11,14H2,1H3. The molecule has 2 aromatic carbocycles. The Morgan fingerprint density at radius 1 is 1.19 bits per heavy atom. The lowest BCUT2D eigenvalue weighted by atomic mass is 10.1. The molecule has 1 fully saturated rings. The van der Waals surface area contributed by atoms with Crippen LogP contribution in [-0.4, -0.2) is 59.6 Å². The van der Waals surface area contributed by atoms with Gasteiger partial charge in [0.2, 0.25) is 0 Å². The van der Waals surface area contributed by atoms with Crippen molar-refractivity contribution in [2.45, 2.75) is 6.54 Å². The predicted octanol–water partition coefficient (Wildman–Crippen LogP) is 2.15. The number of hydrazone groups is 1. The smallest absolute Gasteiger partial charge is 0.123 e. The van der Waals surface area contributed by atoms with Crippen LogP contribution in [0.5, 0.6) is 5.75 Å². The molecule has 1 aliphatic rings. The lowest BCUT2D eigenvalue weighted by molar-refractivity contribution is 0.0397. The van der Waals surface area contributed by atoms with Crippen LogP contribution in [-0.2, 0) is 11.3 Å². The molecule has 0 spiro atoms. The molecular formula is C19H21N5O2. The Morgan fingerprint density at radius 3 is 2.88 bits per heavy atom. The second-order valence-corrected chi connectivity index (χ2v) is 6.12. The number of ether oxygens (including phenoxy) is 2. The van der Waals surface area contributed by atoms with E-state index >= 15 is 0 Å². The molecular weight excluding hydrogens is 330 g/mol. The van der Waals surface area contributed by atoms with Gasteiger partial charge in [0, 0.05) is 5.56 Å². The van der Waals surface area contributed by atoms with Gasteiger partial charge in [-0.1, -0.05) is 17.3 Å². The van der Waals surface area contributed by atoms with Crippen molar-refractivity contribution in [3.63, 3.8) is 0 Å². The van der Waals surface area contributed by atoms with Gasteiger partial charge in [0.05, 0.1) is 51.7 Å². The SMILES string of the molecule is COc1ccc(C=NN2CCOCC2)cc1Cn1nnc2ccccc21. The van der Waals surface area contributed by atoms with Gasteiger partial charge in [-0.25, -0.2) is 4.68 Å². The summed E-state index contributed by atoms with van der Waals surface area (Å²) in [6.07, 6.45) is 1.88. The van der Waals surface area contributed by atoms with Gasteiger partial charge in [-0.3, -0.25) is 5.01 Å². The Morgan fingerprint density at radius 2 is 2.04 bits per heavy atom. The maximum Gasteiger partial charge on any atom is 0.123 e. The van der Waals surface area contributed by atoms with E-state index in [0.717, 1.165) is 54.2 Å². The molecule has 0 amide bonds. The van der Waals surface area contributed by atoms with E-state index in [1.165, 1.54) is 0 Å². The Balaban J connectivity index is 1.59. The van der Waals surface area contributed by atoms with Gasteiger partial charge in [-0.05, 0) is 35.9 Å². The molecule has 0 radical (unpaired) electrons. The molecule has 4 rings (SSSR count). The molecule has 0 bridgehead atoms. The minimum absolute atomic E-state index is 0.586. The highest BCUT2D eigenvalue weighted by Crippen LogP contribution is 2.22. The number of hydrogen-bond donors (Lipinski definition) is 0. The number of aromatic nitrogens is 3. The van der Waals surface area contributed by atoms with E-state index < -0.39 is 0 Å². The van der Waals surface area contributed by atoms with E-state index in [2.05, 4.69) is 21.5 Å². The maximum atomic E-state index is 5.52. The van der Waals surface area contributed by atoms with E-state index in [1.54, 1.807) is 7.11 Å². The predicted molar refractivity (Wildman–Crippen MR) is 99.6 cm³/mol. The molecule has 0 atom stereocenters. The fourth-order valence-corrected chi connectivity index (χ4v) is 3.02. The summed E-state index contributed by atoms with van der Waals surface area (Å²) < 4.78 is 12.8. The van der Waals surface area contributed by atoms with Crippen LogP contribution in [0.1, 0.15) is 11.1 Å². The summed E-state index contributed by atoms with van der Waals surface area (Å²) in [7, 11) is 1.68. The van der Waals surface area contributed by atoms with Gasteiger partial charge in [-0.2, -0.15) is 5.10 Å². The highest BCUT2D eigenvalue weighted by Gasteiger charge is 2.10. The molecule has 0 N–H and O–H groups in total. The topological polar surface area (TPSA) is 64.8 Å². The van der Waals surface area contributed by atoms with Crippen molar-refractivity contribution in [2.24, 2.45) is 5.10 Å². The highest BCUT2D eigenvalue weighted by molar-refractivity contribution is 5.80. The van der Waals surface area contributed by atoms with Crippen molar-refractivity contribution >= 4 is 17.2 Å². The Bertz CT molecular complexity index is 915. The first-order valence-electron chi connectivity index (χ1n) is 8.65. The maximum absolute atomic E-state index is 5.52. The number of hydrogen-bond acceptors (Lipinski definition) is 6. The van der Waals surface area contributed by atoms with E-state index in [-0.39, 0.29) is 0 Å². The number of methoxy groups -OCH3 is 1. The molecule has 0 aliphatic carbocycles. The largest absolute Gasteiger partial charge is 0.496 e. The summed E-state index contributed by atoms with van der Waals surface area (Å²) in [4.78, 5) is 0. The van der Waals surface area contributed by atoms with Crippen molar-refractivity contribution in [1.82, 2.24) is 20.0 Å². The minimum Gasteiger partial charge on any atom is -0.496 e. The summed E-state index contributed by atoms with van der Waals surface area (Å²) in [6.45, 7) is 3.69. The van der Waals surface area contributed by atoms with Crippen LogP contribution >= 0.6 is 0 Å². The van der Waals surface area contributed by atoms with Crippen molar-refractivity contribution in [3.05, 3.63) is 53.6 Å². The molecule has 26 heavy (non-hydrogen) atoms. The van der Waals surface area contributed by atoms with Gasteiger partial charge in [0.1, 0.15) is 11.3 Å². The number of benzene rings is 2. The average Bonchev–Trinajstić information content (AvgIpc) is 3.10. The molecule has 7 nitrogen and oxygen atoms in total. The zero-order valence-electron chi connectivity index (χ0n) is 14.7. The van der Waals surface area contributed by atoms with Gasteiger partial charge in [0.25, 0.3) is 0 Å². The number of fused-ring (bicyclic) bond motifs is 1. The fourth-order valence-electron chi connectivity index (χ4n) is 3.02. The average molecular weight is 351 g/mol. The summed E-state index contributed by atoms with van der Waals surface area (Å²) in [5.74, 6) is 0.827. The van der Waals surface area contributed by atoms with Crippen LogP contribution in [0.3, 0.4) is 0 Å². The number of para-hydroxylation sites is 1. The number of morpholine rings is 1. The molecule has 1 aromatic heterocycles. The molecule has 134 valence electrons. The Hall–Kier alpha value is -2.93. The number of rotatable bonds is 5. The van der Waals surface area contributed by atoms with Gasteiger partial charge >= 0.3 is 0 Å². The summed E-state index contributed by atoms with van der Waals surface area (Å²) >= 11 is 0. The van der Waals surface area contributed by atoms with Crippen LogP contribution in [0, 0.1) is 0 Å². The lowest BCUT2D eigenvalue weighted by Crippen LogP contribution is -2.32. The van der Waals surface area contributed by atoms with Crippen LogP contribution in [0.2, 0.25) is 0 Å². The fraction of sp³-hybridized carbons (Fsp3) is 0.316. The third kappa shape index (κ3) is 3.52. The molecule has 1 saturated heterocycles. The second-order valence-electron chi connectivity index (χ2n) is 6.12. The van der Waals surface area contributed by atoms with Crippen LogP contribution < -0.4 is 4.74 Å². The third-order valence-corrected chi connectivity index (χ3v) is 4.40. The van der Waals surface area contributed by atoms with Gasteiger partial charge < -0.3 is 9.47 Å². The van der Waals surface area contributed by atoms with Gasteiger partial charge in [-0.15, -0.1) is 5.10 Å². The number of nitrogens with zero attached hydrogens (tertiary/aromatic N) is 5. The molecule has 1 aliphatic heterocycles. The quantitative estimate of drug-likeness (QED) is 0.659. The molecule has 3 aromatic rings. The van der Waals surface area contributed by atoms with Crippen LogP contribution in [0.15, 0.2) is 47.6 Å². The minimum atomic E-state index is 0.586. The van der Waals surface area contributed by atoms with E-state index in [9.17, 15) is 0 Å². The van der Waals surface area contributed by atoms with Crippen LogP contribution in [0.4, 0.5) is 0 Å². The van der Waals surface area contributed by atoms with Crippen molar-refractivity contribution in [2.75, 3.05) is 33.4 Å². The van der Waals surface area contributed by atoms with E-state index in [1.807, 2.05) is 52.3 Å². The van der Waals surface area contributed by atoms with Crippen molar-refractivity contribution < 1.29 is 9.47 Å². The molecule has 2 heterocycles. The normalized spacial score (nSPS) is 15.0. The third-order valence-electron chi connectivity index (χ3n) is 4.40. The first-order valence-corrected chi connectivity index (χ1v) is 8.65. The van der Waals surface area contributed by atoms with E-state index in [4.69, 9.17) is 9.47 Å². The monoisotopic (exact) mass is 351 g/mol.